The maximum atomic E-state index is 9.89. The molecule has 1 aromatic carbocycles. The zero-order valence-corrected chi connectivity index (χ0v) is 12.7. The summed E-state index contributed by atoms with van der Waals surface area (Å²) in [6, 6.07) is 6.32. The molecule has 0 aliphatic heterocycles. The van der Waals surface area contributed by atoms with Gasteiger partial charge in [0.15, 0.2) is 0 Å². The molecule has 0 fully saturated rings. The highest BCUT2D eigenvalue weighted by molar-refractivity contribution is 5.32. The summed E-state index contributed by atoms with van der Waals surface area (Å²) in [6.07, 6.45) is 1.15. The van der Waals surface area contributed by atoms with Crippen LogP contribution >= 0.6 is 0 Å². The second-order valence-electron chi connectivity index (χ2n) is 5.46. The van der Waals surface area contributed by atoms with E-state index in [1.807, 2.05) is 32.9 Å². The number of ether oxygens (including phenoxy) is 1. The van der Waals surface area contributed by atoms with Crippen LogP contribution in [-0.2, 0) is 0 Å². The average Bonchev–Trinajstić information content (AvgIpc) is 2.39. The third-order valence-electron chi connectivity index (χ3n) is 3.13. The largest absolute Gasteiger partial charge is 0.491 e. The number of nitrogens with one attached hydrogen (secondary N) is 1. The number of hydrogen-bond donors (Lipinski definition) is 3. The molecule has 2 unspecified atom stereocenters. The number of aryl methyl sites for hydroxylation is 2. The van der Waals surface area contributed by atoms with E-state index >= 15 is 0 Å². The Morgan fingerprint density at radius 3 is 2.45 bits per heavy atom. The second kappa shape index (κ2) is 8.95. The fourth-order valence-electron chi connectivity index (χ4n) is 2.10. The van der Waals surface area contributed by atoms with Gasteiger partial charge in [-0.05, 0) is 56.9 Å². The molecule has 1 aromatic rings. The molecule has 0 saturated carbocycles. The fraction of sp³-hybridized carbons (Fsp3) is 0.625. The van der Waals surface area contributed by atoms with Gasteiger partial charge in [0.25, 0.3) is 0 Å². The predicted octanol–water partition coefficient (Wildman–Crippen LogP) is 1.79. The van der Waals surface area contributed by atoms with Crippen LogP contribution in [0, 0.1) is 13.8 Å². The molecule has 2 atom stereocenters. The molecular formula is C16H27NO3. The summed E-state index contributed by atoms with van der Waals surface area (Å²) in [7, 11) is 0. The van der Waals surface area contributed by atoms with Gasteiger partial charge < -0.3 is 20.3 Å². The van der Waals surface area contributed by atoms with Gasteiger partial charge in [0.2, 0.25) is 0 Å². The molecule has 0 radical (unpaired) electrons. The van der Waals surface area contributed by atoms with Gasteiger partial charge >= 0.3 is 0 Å². The smallest absolute Gasteiger partial charge is 0.119 e. The van der Waals surface area contributed by atoms with Crippen LogP contribution in [0.1, 0.15) is 30.9 Å². The van der Waals surface area contributed by atoms with E-state index in [4.69, 9.17) is 9.84 Å². The third-order valence-corrected chi connectivity index (χ3v) is 3.13. The molecule has 0 spiro atoms. The normalized spacial score (nSPS) is 14.1. The second-order valence-corrected chi connectivity index (χ2v) is 5.46. The molecule has 0 saturated heterocycles. The molecule has 0 aliphatic rings. The summed E-state index contributed by atoms with van der Waals surface area (Å²) in [5.41, 5.74) is 2.32. The Kier molecular flexibility index (Phi) is 7.59. The molecule has 1 rings (SSSR count). The minimum Gasteiger partial charge on any atom is -0.491 e. The van der Waals surface area contributed by atoms with E-state index in [2.05, 4.69) is 11.4 Å². The number of benzene rings is 1. The lowest BCUT2D eigenvalue weighted by Crippen LogP contribution is -2.36. The van der Waals surface area contributed by atoms with Crippen LogP contribution in [0.25, 0.3) is 0 Å². The SMILES string of the molecule is Cc1cc(C)cc(OCC(O)CNC(C)CCCO)c1. The van der Waals surface area contributed by atoms with E-state index in [0.717, 1.165) is 29.7 Å². The molecule has 4 nitrogen and oxygen atoms in total. The number of hydrogen-bond acceptors (Lipinski definition) is 4. The fourth-order valence-corrected chi connectivity index (χ4v) is 2.10. The lowest BCUT2D eigenvalue weighted by Gasteiger charge is -2.17. The van der Waals surface area contributed by atoms with Gasteiger partial charge in [-0.3, -0.25) is 0 Å². The van der Waals surface area contributed by atoms with Crippen LogP contribution in [-0.4, -0.2) is 42.1 Å². The first kappa shape index (κ1) is 17.0. The number of rotatable bonds is 9. The van der Waals surface area contributed by atoms with Crippen molar-refractivity contribution >= 4 is 0 Å². The van der Waals surface area contributed by atoms with Crippen molar-refractivity contribution in [2.75, 3.05) is 19.8 Å². The molecule has 114 valence electrons. The molecule has 3 N–H and O–H groups in total. The van der Waals surface area contributed by atoms with Gasteiger partial charge in [-0.2, -0.15) is 0 Å². The van der Waals surface area contributed by atoms with E-state index in [1.165, 1.54) is 0 Å². The molecule has 0 heterocycles. The Bertz CT molecular complexity index is 375. The summed E-state index contributed by atoms with van der Waals surface area (Å²) in [5, 5.41) is 21.9. The standard InChI is InChI=1S/C16H27NO3/c1-12-7-13(2)9-16(8-12)20-11-15(19)10-17-14(3)5-4-6-18/h7-9,14-15,17-19H,4-6,10-11H2,1-3H3. The first-order valence-corrected chi connectivity index (χ1v) is 7.24. The summed E-state index contributed by atoms with van der Waals surface area (Å²) >= 11 is 0. The van der Waals surface area contributed by atoms with Gasteiger partial charge in [0.05, 0.1) is 0 Å². The van der Waals surface area contributed by atoms with Gasteiger partial charge in [-0.25, -0.2) is 0 Å². The van der Waals surface area contributed by atoms with Crippen LogP contribution < -0.4 is 10.1 Å². The molecule has 0 aliphatic carbocycles. The lowest BCUT2D eigenvalue weighted by atomic mass is 10.1. The van der Waals surface area contributed by atoms with E-state index in [9.17, 15) is 5.11 Å². The Balaban J connectivity index is 2.27. The summed E-state index contributed by atoms with van der Waals surface area (Å²) in [5.74, 6) is 0.801. The van der Waals surface area contributed by atoms with Crippen molar-refractivity contribution in [2.45, 2.75) is 45.8 Å². The third kappa shape index (κ3) is 6.89. The molecule has 0 amide bonds. The van der Waals surface area contributed by atoms with Crippen molar-refractivity contribution in [3.63, 3.8) is 0 Å². The quantitative estimate of drug-likeness (QED) is 0.646. The Hall–Kier alpha value is -1.10. The topological polar surface area (TPSA) is 61.7 Å². The van der Waals surface area contributed by atoms with Crippen LogP contribution in [0.4, 0.5) is 0 Å². The van der Waals surface area contributed by atoms with Crippen LogP contribution in [0.15, 0.2) is 18.2 Å². The monoisotopic (exact) mass is 281 g/mol. The van der Waals surface area contributed by atoms with E-state index in [1.54, 1.807) is 0 Å². The van der Waals surface area contributed by atoms with Gasteiger partial charge in [0.1, 0.15) is 18.5 Å². The number of aliphatic hydroxyl groups is 2. The highest BCUT2D eigenvalue weighted by Crippen LogP contribution is 2.16. The predicted molar refractivity (Wildman–Crippen MR) is 81.2 cm³/mol. The zero-order chi connectivity index (χ0) is 15.0. The van der Waals surface area contributed by atoms with Crippen molar-refractivity contribution < 1.29 is 14.9 Å². The molecule has 20 heavy (non-hydrogen) atoms. The van der Waals surface area contributed by atoms with Crippen molar-refractivity contribution in [1.82, 2.24) is 5.32 Å². The average molecular weight is 281 g/mol. The van der Waals surface area contributed by atoms with Gasteiger partial charge in [0, 0.05) is 19.2 Å². The maximum absolute atomic E-state index is 9.89. The van der Waals surface area contributed by atoms with Crippen molar-refractivity contribution in [3.05, 3.63) is 29.3 Å². The van der Waals surface area contributed by atoms with Crippen LogP contribution in [0.3, 0.4) is 0 Å². The van der Waals surface area contributed by atoms with Gasteiger partial charge in [-0.15, -0.1) is 0 Å². The minimum atomic E-state index is -0.535. The lowest BCUT2D eigenvalue weighted by molar-refractivity contribution is 0.103. The van der Waals surface area contributed by atoms with Gasteiger partial charge in [-0.1, -0.05) is 6.07 Å². The number of aliphatic hydroxyl groups excluding tert-OH is 2. The first-order valence-electron chi connectivity index (χ1n) is 7.24. The molecular weight excluding hydrogens is 254 g/mol. The highest BCUT2D eigenvalue weighted by atomic mass is 16.5. The summed E-state index contributed by atoms with van der Waals surface area (Å²) < 4.78 is 5.61. The van der Waals surface area contributed by atoms with Crippen LogP contribution in [0.5, 0.6) is 5.75 Å². The molecule has 0 aromatic heterocycles. The van der Waals surface area contributed by atoms with E-state index < -0.39 is 6.10 Å². The van der Waals surface area contributed by atoms with Crippen molar-refractivity contribution in [2.24, 2.45) is 0 Å². The summed E-state index contributed by atoms with van der Waals surface area (Å²) in [4.78, 5) is 0. The van der Waals surface area contributed by atoms with Crippen LogP contribution in [0.2, 0.25) is 0 Å². The van der Waals surface area contributed by atoms with Crippen molar-refractivity contribution in [1.29, 1.82) is 0 Å². The zero-order valence-electron chi connectivity index (χ0n) is 12.7. The Morgan fingerprint density at radius 2 is 1.85 bits per heavy atom. The Labute approximate surface area is 121 Å². The van der Waals surface area contributed by atoms with Crippen molar-refractivity contribution in [3.8, 4) is 5.75 Å². The van der Waals surface area contributed by atoms with E-state index in [0.29, 0.717) is 6.54 Å². The summed E-state index contributed by atoms with van der Waals surface area (Å²) in [6.45, 7) is 7.10. The maximum Gasteiger partial charge on any atom is 0.119 e. The molecule has 0 bridgehead atoms. The first-order chi connectivity index (χ1) is 9.51. The highest BCUT2D eigenvalue weighted by Gasteiger charge is 2.08. The Morgan fingerprint density at radius 1 is 1.20 bits per heavy atom. The minimum absolute atomic E-state index is 0.213. The van der Waals surface area contributed by atoms with E-state index in [-0.39, 0.29) is 19.3 Å². The molecule has 4 heteroatoms.